The molecule has 0 N–H and O–H groups in total. The minimum Gasteiger partial charge on any atom is -0.456 e. The van der Waals surface area contributed by atoms with Crippen LogP contribution in [0.25, 0.3) is 0 Å². The molecule has 2 heterocycles. The number of aliphatic imine (C=N–C) groups is 1. The lowest BCUT2D eigenvalue weighted by atomic mass is 9.96. The van der Waals surface area contributed by atoms with E-state index in [1.54, 1.807) is 36.5 Å². The Morgan fingerprint density at radius 2 is 1.91 bits per heavy atom. The van der Waals surface area contributed by atoms with Gasteiger partial charge in [-0.05, 0) is 32.0 Å². The van der Waals surface area contributed by atoms with Crippen molar-refractivity contribution in [1.29, 1.82) is 0 Å². The van der Waals surface area contributed by atoms with E-state index in [-0.39, 0.29) is 23.7 Å². The second-order valence-corrected chi connectivity index (χ2v) is 11.1. The number of fused-ring (bicyclic) bond motifs is 1. The predicted octanol–water partition coefficient (Wildman–Crippen LogP) is 4.38. The van der Waals surface area contributed by atoms with Crippen LogP contribution in [0, 0.1) is 0 Å². The third kappa shape index (κ3) is 4.36. The summed E-state index contributed by atoms with van der Waals surface area (Å²) < 4.78 is 5.60. The maximum atomic E-state index is 12.9. The quantitative estimate of drug-likeness (QED) is 0.238. The van der Waals surface area contributed by atoms with Crippen molar-refractivity contribution in [1.82, 2.24) is 4.90 Å². The number of hydrogen-bond donors (Lipinski definition) is 0. The molecule has 0 spiro atoms. The van der Waals surface area contributed by atoms with Crippen molar-refractivity contribution in [2.75, 3.05) is 6.61 Å². The smallest absolute Gasteiger partial charge is 0.330 e. The molecule has 1 amide bonds. The molecule has 2 aromatic rings. The van der Waals surface area contributed by atoms with E-state index in [9.17, 15) is 14.4 Å². The van der Waals surface area contributed by atoms with Gasteiger partial charge in [0.2, 0.25) is 0 Å². The number of ketones is 1. The Kier molecular flexibility index (Phi) is 6.47. The minimum atomic E-state index is -0.783. The minimum absolute atomic E-state index is 0.238. The number of rotatable bonds is 6. The molecule has 2 aliphatic heterocycles. The zero-order chi connectivity index (χ0) is 23.0. The number of nitrogens with zero attached hydrogens (tertiary/aromatic N) is 2. The van der Waals surface area contributed by atoms with E-state index in [0.29, 0.717) is 10.6 Å². The first-order chi connectivity index (χ1) is 15.2. The first-order valence-corrected chi connectivity index (χ1v) is 12.0. The predicted molar refractivity (Wildman–Crippen MR) is 128 cm³/mol. The molecule has 2 fully saturated rings. The van der Waals surface area contributed by atoms with E-state index in [1.165, 1.54) is 16.7 Å². The van der Waals surface area contributed by atoms with Gasteiger partial charge in [0.25, 0.3) is 5.91 Å². The summed E-state index contributed by atoms with van der Waals surface area (Å²) in [5, 5.41) is 0.284. The van der Waals surface area contributed by atoms with E-state index < -0.39 is 22.8 Å². The summed E-state index contributed by atoms with van der Waals surface area (Å²) in [5.41, 5.74) is 1.18. The standard InChI is InChI=1S/C23H20BrClN2O4S/c1-23(2)19(22(30)31-12-17(28)13-7-9-15(24)10-8-13)27-20(29)18(21(27)32-23)26-11-14-5-3-4-6-16(14)25/h3-11,18-19,21H,12H2,1-2H3/t18?,19-,21+/m0/s1. The van der Waals surface area contributed by atoms with Crippen molar-refractivity contribution in [2.24, 2.45) is 4.99 Å². The van der Waals surface area contributed by atoms with Gasteiger partial charge in [0.15, 0.2) is 18.4 Å². The largest absolute Gasteiger partial charge is 0.456 e. The zero-order valence-electron chi connectivity index (χ0n) is 17.3. The molecule has 166 valence electrons. The van der Waals surface area contributed by atoms with Crippen LogP contribution in [0.4, 0.5) is 0 Å². The third-order valence-electron chi connectivity index (χ3n) is 5.43. The normalized spacial score (nSPS) is 23.7. The van der Waals surface area contributed by atoms with Gasteiger partial charge in [0.05, 0.1) is 0 Å². The van der Waals surface area contributed by atoms with Crippen molar-refractivity contribution in [3.63, 3.8) is 0 Å². The molecule has 0 saturated carbocycles. The first-order valence-electron chi connectivity index (χ1n) is 9.92. The fraction of sp³-hybridized carbons (Fsp3) is 0.304. The molecule has 1 unspecified atom stereocenters. The molecular weight excluding hydrogens is 516 g/mol. The van der Waals surface area contributed by atoms with Crippen LogP contribution in [0.15, 0.2) is 58.0 Å². The van der Waals surface area contributed by atoms with Crippen molar-refractivity contribution >= 4 is 63.2 Å². The van der Waals surface area contributed by atoms with Gasteiger partial charge in [-0.2, -0.15) is 0 Å². The van der Waals surface area contributed by atoms with E-state index >= 15 is 0 Å². The number of β-lactam (4-membered cyclic amide) rings is 1. The molecule has 2 aromatic carbocycles. The number of amides is 1. The van der Waals surface area contributed by atoms with Crippen LogP contribution in [0.1, 0.15) is 29.8 Å². The van der Waals surface area contributed by atoms with Gasteiger partial charge in [0, 0.05) is 31.6 Å². The molecular formula is C23H20BrClN2O4S. The molecule has 9 heteroatoms. The topological polar surface area (TPSA) is 76.0 Å². The van der Waals surface area contributed by atoms with Gasteiger partial charge in [-0.15, -0.1) is 11.8 Å². The van der Waals surface area contributed by atoms with Gasteiger partial charge < -0.3 is 9.64 Å². The lowest BCUT2D eigenvalue weighted by Crippen LogP contribution is -2.65. The fourth-order valence-corrected chi connectivity index (χ4v) is 5.85. The third-order valence-corrected chi connectivity index (χ3v) is 7.86. The van der Waals surface area contributed by atoms with Crippen LogP contribution in [-0.2, 0) is 14.3 Å². The summed E-state index contributed by atoms with van der Waals surface area (Å²) in [6.45, 7) is 3.40. The molecule has 0 bridgehead atoms. The molecule has 0 aliphatic carbocycles. The highest BCUT2D eigenvalue weighted by molar-refractivity contribution is 9.10. The lowest BCUT2D eigenvalue weighted by Gasteiger charge is -2.41. The number of halogens is 2. The summed E-state index contributed by atoms with van der Waals surface area (Å²) in [5.74, 6) is -1.13. The van der Waals surface area contributed by atoms with Crippen LogP contribution >= 0.6 is 39.3 Å². The number of benzene rings is 2. The van der Waals surface area contributed by atoms with Crippen LogP contribution in [0.3, 0.4) is 0 Å². The Labute approximate surface area is 203 Å². The van der Waals surface area contributed by atoms with Crippen LogP contribution in [0.2, 0.25) is 5.02 Å². The SMILES string of the molecule is CC1(C)S[C@@H]2C(N=Cc3ccccc3Cl)C(=O)N2[C@H]1C(=O)OCC(=O)c1ccc(Br)cc1. The lowest BCUT2D eigenvalue weighted by molar-refractivity contribution is -0.161. The Hall–Kier alpha value is -2.16. The van der Waals surface area contributed by atoms with Crippen molar-refractivity contribution in [3.05, 3.63) is 69.2 Å². The zero-order valence-corrected chi connectivity index (χ0v) is 20.5. The molecule has 6 nitrogen and oxygen atoms in total. The summed E-state index contributed by atoms with van der Waals surface area (Å²) in [6.07, 6.45) is 1.60. The highest BCUT2D eigenvalue weighted by atomic mass is 79.9. The van der Waals surface area contributed by atoms with E-state index in [0.717, 1.165) is 10.0 Å². The molecule has 2 saturated heterocycles. The van der Waals surface area contributed by atoms with Gasteiger partial charge in [-0.1, -0.05) is 57.9 Å². The van der Waals surface area contributed by atoms with Gasteiger partial charge in [-0.3, -0.25) is 14.6 Å². The second kappa shape index (κ2) is 9.00. The van der Waals surface area contributed by atoms with E-state index in [2.05, 4.69) is 20.9 Å². The number of thioether (sulfide) groups is 1. The molecule has 4 rings (SSSR count). The average Bonchev–Trinajstić information content (AvgIpc) is 3.01. The Bertz CT molecular complexity index is 1110. The fourth-order valence-electron chi connectivity index (χ4n) is 3.79. The number of hydrogen-bond acceptors (Lipinski definition) is 6. The highest BCUT2D eigenvalue weighted by Gasteiger charge is 2.64. The highest BCUT2D eigenvalue weighted by Crippen LogP contribution is 2.52. The maximum absolute atomic E-state index is 12.9. The van der Waals surface area contributed by atoms with Gasteiger partial charge >= 0.3 is 5.97 Å². The Balaban J connectivity index is 1.42. The van der Waals surface area contributed by atoms with Crippen molar-refractivity contribution in [3.8, 4) is 0 Å². The van der Waals surface area contributed by atoms with E-state index in [1.807, 2.05) is 32.0 Å². The number of carbonyl (C=O) groups excluding carboxylic acids is 3. The summed E-state index contributed by atoms with van der Waals surface area (Å²) in [7, 11) is 0. The monoisotopic (exact) mass is 534 g/mol. The van der Waals surface area contributed by atoms with Crippen molar-refractivity contribution in [2.45, 2.75) is 36.1 Å². The first kappa shape index (κ1) is 23.0. The number of ether oxygens (including phenoxy) is 1. The second-order valence-electron chi connectivity index (χ2n) is 8.04. The molecule has 3 atom stereocenters. The molecule has 0 aromatic heterocycles. The maximum Gasteiger partial charge on any atom is 0.330 e. The summed E-state index contributed by atoms with van der Waals surface area (Å²) >= 11 is 11.0. The van der Waals surface area contributed by atoms with Gasteiger partial charge in [-0.25, -0.2) is 4.79 Å². The van der Waals surface area contributed by atoms with Crippen LogP contribution < -0.4 is 0 Å². The van der Waals surface area contributed by atoms with Gasteiger partial charge in [0.1, 0.15) is 11.4 Å². The van der Waals surface area contributed by atoms with Crippen molar-refractivity contribution < 1.29 is 19.1 Å². The van der Waals surface area contributed by atoms with Crippen LogP contribution in [0.5, 0.6) is 0 Å². The molecule has 2 aliphatic rings. The number of carbonyl (C=O) groups is 3. The number of esters is 1. The van der Waals surface area contributed by atoms with Crippen LogP contribution in [-0.4, -0.2) is 57.6 Å². The molecule has 0 radical (unpaired) electrons. The summed E-state index contributed by atoms with van der Waals surface area (Å²) in [4.78, 5) is 44.0. The Morgan fingerprint density at radius 1 is 1.22 bits per heavy atom. The average molecular weight is 536 g/mol. The Morgan fingerprint density at radius 3 is 2.59 bits per heavy atom. The van der Waals surface area contributed by atoms with E-state index in [4.69, 9.17) is 16.3 Å². The number of Topliss-reactive ketones (excluding diaryl/α,β-unsaturated/α-hetero) is 1. The molecule has 32 heavy (non-hydrogen) atoms. The summed E-state index contributed by atoms with van der Waals surface area (Å²) in [6, 6.07) is 12.7.